The number of rotatable bonds is 4. The summed E-state index contributed by atoms with van der Waals surface area (Å²) >= 11 is 0. The van der Waals surface area contributed by atoms with Gasteiger partial charge in [0, 0.05) is 6.54 Å². The van der Waals surface area contributed by atoms with E-state index in [-0.39, 0.29) is 0 Å². The molecule has 1 saturated carbocycles. The van der Waals surface area contributed by atoms with Gasteiger partial charge < -0.3 is 15.8 Å². The Balaban J connectivity index is 2.07. The lowest BCUT2D eigenvalue weighted by Crippen LogP contribution is -2.14. The molecule has 0 atom stereocenters. The standard InChI is InChI=1S/C10H16N4O/c1-10(3-4-10)5-12-8-7(11)9(15-2)14-6-13-8/h6H,3-5,11H2,1-2H3,(H,12,13,14). The molecule has 0 aliphatic heterocycles. The van der Waals surface area contributed by atoms with E-state index in [2.05, 4.69) is 22.2 Å². The van der Waals surface area contributed by atoms with E-state index >= 15 is 0 Å². The summed E-state index contributed by atoms with van der Waals surface area (Å²) in [5.74, 6) is 1.09. The molecule has 1 aliphatic rings. The van der Waals surface area contributed by atoms with Crippen molar-refractivity contribution in [2.75, 3.05) is 24.7 Å². The predicted octanol–water partition coefficient (Wildman–Crippen LogP) is 1.28. The lowest BCUT2D eigenvalue weighted by atomic mass is 10.1. The number of hydrogen-bond acceptors (Lipinski definition) is 5. The molecule has 1 aromatic rings. The smallest absolute Gasteiger partial charge is 0.242 e. The van der Waals surface area contributed by atoms with Gasteiger partial charge in [0.25, 0.3) is 0 Å². The summed E-state index contributed by atoms with van der Waals surface area (Å²) < 4.78 is 5.02. The Morgan fingerprint density at radius 2 is 2.27 bits per heavy atom. The quantitative estimate of drug-likeness (QED) is 0.779. The van der Waals surface area contributed by atoms with Gasteiger partial charge >= 0.3 is 0 Å². The van der Waals surface area contributed by atoms with Crippen LogP contribution in [0.1, 0.15) is 19.8 Å². The van der Waals surface area contributed by atoms with E-state index in [0.29, 0.717) is 22.8 Å². The zero-order chi connectivity index (χ0) is 10.9. The minimum atomic E-state index is 0.421. The molecule has 15 heavy (non-hydrogen) atoms. The maximum Gasteiger partial charge on any atom is 0.242 e. The molecule has 0 bridgehead atoms. The van der Waals surface area contributed by atoms with Crippen LogP contribution >= 0.6 is 0 Å². The molecule has 0 spiro atoms. The molecular formula is C10H16N4O. The van der Waals surface area contributed by atoms with Crippen LogP contribution in [0.15, 0.2) is 6.33 Å². The molecular weight excluding hydrogens is 192 g/mol. The Morgan fingerprint density at radius 1 is 1.53 bits per heavy atom. The van der Waals surface area contributed by atoms with Crippen molar-refractivity contribution in [3.8, 4) is 5.88 Å². The molecule has 1 aliphatic carbocycles. The summed E-state index contributed by atoms with van der Waals surface area (Å²) in [5, 5.41) is 3.23. The van der Waals surface area contributed by atoms with Crippen LogP contribution in [0.4, 0.5) is 11.5 Å². The number of hydrogen-bond donors (Lipinski definition) is 2. The summed E-state index contributed by atoms with van der Waals surface area (Å²) in [4.78, 5) is 8.01. The summed E-state index contributed by atoms with van der Waals surface area (Å²) in [6.45, 7) is 3.14. The van der Waals surface area contributed by atoms with Gasteiger partial charge in [-0.2, -0.15) is 4.98 Å². The lowest BCUT2D eigenvalue weighted by Gasteiger charge is -2.13. The molecule has 1 aromatic heterocycles. The highest BCUT2D eigenvalue weighted by atomic mass is 16.5. The molecule has 1 heterocycles. The van der Waals surface area contributed by atoms with Crippen molar-refractivity contribution < 1.29 is 4.74 Å². The first-order chi connectivity index (χ1) is 7.14. The highest BCUT2D eigenvalue weighted by Gasteiger charge is 2.37. The van der Waals surface area contributed by atoms with Gasteiger partial charge in [-0.1, -0.05) is 6.92 Å². The molecule has 0 unspecified atom stereocenters. The van der Waals surface area contributed by atoms with E-state index in [4.69, 9.17) is 10.5 Å². The summed E-state index contributed by atoms with van der Waals surface area (Å²) in [6, 6.07) is 0. The lowest BCUT2D eigenvalue weighted by molar-refractivity contribution is 0.399. The van der Waals surface area contributed by atoms with Crippen molar-refractivity contribution >= 4 is 11.5 Å². The van der Waals surface area contributed by atoms with E-state index in [9.17, 15) is 0 Å². The molecule has 5 nitrogen and oxygen atoms in total. The minimum absolute atomic E-state index is 0.421. The number of anilines is 2. The zero-order valence-electron chi connectivity index (χ0n) is 9.08. The molecule has 0 aromatic carbocycles. The van der Waals surface area contributed by atoms with Gasteiger partial charge in [-0.05, 0) is 18.3 Å². The van der Waals surface area contributed by atoms with Crippen LogP contribution in [-0.4, -0.2) is 23.6 Å². The second kappa shape index (κ2) is 3.56. The Bertz CT molecular complexity index is 362. The van der Waals surface area contributed by atoms with Crippen LogP contribution in [-0.2, 0) is 0 Å². The highest BCUT2D eigenvalue weighted by molar-refractivity contribution is 5.66. The van der Waals surface area contributed by atoms with Crippen LogP contribution in [0.25, 0.3) is 0 Å². The Labute approximate surface area is 89.1 Å². The first kappa shape index (κ1) is 10.0. The van der Waals surface area contributed by atoms with Crippen molar-refractivity contribution in [2.45, 2.75) is 19.8 Å². The van der Waals surface area contributed by atoms with Crippen LogP contribution in [0.3, 0.4) is 0 Å². The fourth-order valence-corrected chi connectivity index (χ4v) is 1.37. The summed E-state index contributed by atoms with van der Waals surface area (Å²) in [5.41, 5.74) is 6.73. The third-order valence-corrected chi connectivity index (χ3v) is 2.83. The van der Waals surface area contributed by atoms with Crippen molar-refractivity contribution in [3.05, 3.63) is 6.33 Å². The van der Waals surface area contributed by atoms with Crippen molar-refractivity contribution in [1.29, 1.82) is 0 Å². The normalized spacial score (nSPS) is 17.2. The van der Waals surface area contributed by atoms with Gasteiger partial charge in [-0.3, -0.25) is 0 Å². The minimum Gasteiger partial charge on any atom is -0.479 e. The number of methoxy groups -OCH3 is 1. The second-order valence-corrected chi connectivity index (χ2v) is 4.31. The van der Waals surface area contributed by atoms with Gasteiger partial charge in [-0.25, -0.2) is 4.98 Å². The number of ether oxygens (including phenoxy) is 1. The zero-order valence-corrected chi connectivity index (χ0v) is 9.08. The van der Waals surface area contributed by atoms with E-state index < -0.39 is 0 Å². The van der Waals surface area contributed by atoms with Gasteiger partial charge in [-0.15, -0.1) is 0 Å². The van der Waals surface area contributed by atoms with Gasteiger partial charge in [0.1, 0.15) is 12.0 Å². The van der Waals surface area contributed by atoms with E-state index in [1.165, 1.54) is 19.2 Å². The van der Waals surface area contributed by atoms with Gasteiger partial charge in [0.2, 0.25) is 5.88 Å². The number of nitrogen functional groups attached to an aromatic ring is 1. The first-order valence-electron chi connectivity index (χ1n) is 5.03. The van der Waals surface area contributed by atoms with Crippen molar-refractivity contribution in [1.82, 2.24) is 9.97 Å². The molecule has 1 fully saturated rings. The first-order valence-corrected chi connectivity index (χ1v) is 5.03. The Hall–Kier alpha value is -1.52. The van der Waals surface area contributed by atoms with Gasteiger partial charge in [0.05, 0.1) is 7.11 Å². The SMILES string of the molecule is COc1ncnc(NCC2(C)CC2)c1N. The van der Waals surface area contributed by atoms with Crippen molar-refractivity contribution in [3.63, 3.8) is 0 Å². The van der Waals surface area contributed by atoms with Crippen LogP contribution in [0.5, 0.6) is 5.88 Å². The van der Waals surface area contributed by atoms with Crippen LogP contribution < -0.4 is 15.8 Å². The summed E-state index contributed by atoms with van der Waals surface area (Å²) in [6.07, 6.45) is 3.98. The molecule has 0 amide bonds. The van der Waals surface area contributed by atoms with Gasteiger partial charge in [0.15, 0.2) is 5.82 Å². The molecule has 5 heteroatoms. The second-order valence-electron chi connectivity index (χ2n) is 4.31. The number of nitrogens with two attached hydrogens (primary N) is 1. The van der Waals surface area contributed by atoms with Crippen molar-refractivity contribution in [2.24, 2.45) is 5.41 Å². The maximum absolute atomic E-state index is 5.83. The largest absolute Gasteiger partial charge is 0.479 e. The van der Waals surface area contributed by atoms with E-state index in [1.54, 1.807) is 7.11 Å². The van der Waals surface area contributed by atoms with Crippen LogP contribution in [0.2, 0.25) is 0 Å². The topological polar surface area (TPSA) is 73.1 Å². The average Bonchev–Trinajstić information content (AvgIpc) is 2.96. The third-order valence-electron chi connectivity index (χ3n) is 2.83. The third kappa shape index (κ3) is 2.11. The fraction of sp³-hybridized carbons (Fsp3) is 0.600. The number of nitrogens with one attached hydrogen (secondary N) is 1. The Kier molecular flexibility index (Phi) is 2.38. The number of nitrogens with zero attached hydrogens (tertiary/aromatic N) is 2. The molecule has 0 radical (unpaired) electrons. The van der Waals surface area contributed by atoms with Crippen LogP contribution in [0, 0.1) is 5.41 Å². The van der Waals surface area contributed by atoms with E-state index in [1.807, 2.05) is 0 Å². The fourth-order valence-electron chi connectivity index (χ4n) is 1.37. The molecule has 82 valence electrons. The monoisotopic (exact) mass is 208 g/mol. The van der Waals surface area contributed by atoms with E-state index in [0.717, 1.165) is 6.54 Å². The maximum atomic E-state index is 5.83. The predicted molar refractivity (Wildman–Crippen MR) is 58.8 cm³/mol. The summed E-state index contributed by atoms with van der Waals surface area (Å²) in [7, 11) is 1.55. The molecule has 2 rings (SSSR count). The highest BCUT2D eigenvalue weighted by Crippen LogP contribution is 2.45. The number of aromatic nitrogens is 2. The average molecular weight is 208 g/mol. The Morgan fingerprint density at radius 3 is 2.87 bits per heavy atom. The molecule has 3 N–H and O–H groups in total. The molecule has 0 saturated heterocycles.